The van der Waals surface area contributed by atoms with Crippen LogP contribution in [0.5, 0.6) is 17.2 Å². The molecule has 2 N–H and O–H groups in total. The Balaban J connectivity index is 1.89. The molecule has 3 rings (SSSR count). The van der Waals surface area contributed by atoms with Crippen LogP contribution in [0, 0.1) is 0 Å². The highest BCUT2D eigenvalue weighted by Crippen LogP contribution is 2.39. The number of fused-ring (bicyclic) bond motifs is 1. The van der Waals surface area contributed by atoms with Crippen molar-refractivity contribution >= 4 is 11.6 Å². The van der Waals surface area contributed by atoms with Crippen LogP contribution < -0.4 is 19.5 Å². The maximum atomic E-state index is 12.6. The van der Waals surface area contributed by atoms with Crippen LogP contribution in [0.15, 0.2) is 36.4 Å². The van der Waals surface area contributed by atoms with Gasteiger partial charge in [-0.3, -0.25) is 4.79 Å². The Morgan fingerprint density at radius 3 is 2.46 bits per heavy atom. The predicted molar refractivity (Wildman–Crippen MR) is 98.2 cm³/mol. The van der Waals surface area contributed by atoms with E-state index in [1.807, 2.05) is 6.92 Å². The van der Waals surface area contributed by atoms with Crippen molar-refractivity contribution in [3.05, 3.63) is 47.5 Å². The fourth-order valence-electron chi connectivity index (χ4n) is 2.85. The van der Waals surface area contributed by atoms with E-state index in [2.05, 4.69) is 5.32 Å². The summed E-state index contributed by atoms with van der Waals surface area (Å²) >= 11 is 0. The van der Waals surface area contributed by atoms with Crippen LogP contribution in [0.2, 0.25) is 0 Å². The van der Waals surface area contributed by atoms with Gasteiger partial charge in [-0.15, -0.1) is 0 Å². The number of aliphatic hydroxyl groups excluding tert-OH is 1. The van der Waals surface area contributed by atoms with Crippen molar-refractivity contribution in [1.29, 1.82) is 0 Å². The zero-order valence-electron chi connectivity index (χ0n) is 15.0. The molecular formula is C20H23NO5. The van der Waals surface area contributed by atoms with E-state index in [0.717, 1.165) is 6.42 Å². The minimum atomic E-state index is -0.693. The molecule has 2 aromatic rings. The summed E-state index contributed by atoms with van der Waals surface area (Å²) in [7, 11) is 1.58. The highest BCUT2D eigenvalue weighted by molar-refractivity contribution is 6.05. The van der Waals surface area contributed by atoms with Crippen molar-refractivity contribution in [1.82, 2.24) is 0 Å². The number of carbonyl (C=O) groups excluding carboxylic acids is 1. The first kappa shape index (κ1) is 18.1. The van der Waals surface area contributed by atoms with Gasteiger partial charge in [-0.05, 0) is 36.8 Å². The summed E-state index contributed by atoms with van der Waals surface area (Å²) in [5, 5.41) is 13.4. The lowest BCUT2D eigenvalue weighted by molar-refractivity contribution is 0.102. The van der Waals surface area contributed by atoms with E-state index in [1.165, 1.54) is 0 Å². The third kappa shape index (κ3) is 3.91. The Hall–Kier alpha value is -2.73. The van der Waals surface area contributed by atoms with Crippen LogP contribution in [0.3, 0.4) is 0 Å². The van der Waals surface area contributed by atoms with E-state index in [-0.39, 0.29) is 5.91 Å². The maximum absolute atomic E-state index is 12.6. The molecule has 0 radical (unpaired) electrons. The fraction of sp³-hybridized carbons (Fsp3) is 0.350. The summed E-state index contributed by atoms with van der Waals surface area (Å²) in [6, 6.07) is 10.3. The van der Waals surface area contributed by atoms with Crippen LogP contribution >= 0.6 is 0 Å². The van der Waals surface area contributed by atoms with Crippen molar-refractivity contribution in [3.8, 4) is 17.2 Å². The largest absolute Gasteiger partial charge is 0.497 e. The van der Waals surface area contributed by atoms with Crippen molar-refractivity contribution < 1.29 is 24.1 Å². The molecule has 1 heterocycles. The molecule has 138 valence electrons. The van der Waals surface area contributed by atoms with E-state index in [4.69, 9.17) is 14.2 Å². The van der Waals surface area contributed by atoms with Crippen molar-refractivity contribution in [2.45, 2.75) is 25.9 Å². The third-order valence-electron chi connectivity index (χ3n) is 4.24. The molecule has 0 unspecified atom stereocenters. The van der Waals surface area contributed by atoms with Gasteiger partial charge in [0.2, 0.25) is 0 Å². The molecule has 26 heavy (non-hydrogen) atoms. The number of anilines is 1. The topological polar surface area (TPSA) is 77.0 Å². The summed E-state index contributed by atoms with van der Waals surface area (Å²) in [5.74, 6) is 1.56. The second-order valence-corrected chi connectivity index (χ2v) is 6.07. The molecule has 1 atom stereocenters. The van der Waals surface area contributed by atoms with Crippen LogP contribution in [0.4, 0.5) is 5.69 Å². The smallest absolute Gasteiger partial charge is 0.255 e. The minimum absolute atomic E-state index is 0.269. The average molecular weight is 357 g/mol. The van der Waals surface area contributed by atoms with Crippen LogP contribution in [0.1, 0.15) is 41.8 Å². The Labute approximate surface area is 152 Å². The predicted octanol–water partition coefficient (Wildman–Crippen LogP) is 3.55. The first-order valence-corrected chi connectivity index (χ1v) is 8.69. The zero-order chi connectivity index (χ0) is 18.5. The van der Waals surface area contributed by atoms with Gasteiger partial charge >= 0.3 is 0 Å². The lowest BCUT2D eigenvalue weighted by Crippen LogP contribution is -2.18. The summed E-state index contributed by atoms with van der Waals surface area (Å²) in [6.45, 7) is 2.92. The minimum Gasteiger partial charge on any atom is -0.497 e. The number of aliphatic hydroxyl groups is 1. The number of hydrogen-bond acceptors (Lipinski definition) is 5. The van der Waals surface area contributed by atoms with Crippen LogP contribution in [-0.2, 0) is 0 Å². The molecule has 2 aromatic carbocycles. The number of nitrogens with one attached hydrogen (secondary N) is 1. The number of ether oxygens (including phenoxy) is 3. The second kappa shape index (κ2) is 8.10. The Morgan fingerprint density at radius 2 is 1.85 bits per heavy atom. The molecule has 0 aliphatic carbocycles. The summed E-state index contributed by atoms with van der Waals surface area (Å²) in [6.07, 6.45) is 0.717. The standard InChI is InChI=1S/C20H23NO5/c1-3-4-17(22)15-11-18-19(26-10-9-25-18)12-16(15)21-20(23)13-5-7-14(24-2)8-6-13/h5-8,11-12,17,22H,3-4,9-10H2,1-2H3,(H,21,23)/t17-/m0/s1. The second-order valence-electron chi connectivity index (χ2n) is 6.07. The van der Waals surface area contributed by atoms with Crippen molar-refractivity contribution in [3.63, 3.8) is 0 Å². The normalized spacial score (nSPS) is 13.8. The number of amides is 1. The molecule has 6 heteroatoms. The first-order chi connectivity index (χ1) is 12.6. The molecular weight excluding hydrogens is 334 g/mol. The SMILES string of the molecule is CCC[C@H](O)c1cc2c(cc1NC(=O)c1ccc(OC)cc1)OCCO2. The number of rotatable bonds is 6. The molecule has 0 fully saturated rings. The molecule has 6 nitrogen and oxygen atoms in total. The monoisotopic (exact) mass is 357 g/mol. The number of methoxy groups -OCH3 is 1. The fourth-order valence-corrected chi connectivity index (χ4v) is 2.85. The van der Waals surface area contributed by atoms with E-state index < -0.39 is 6.10 Å². The van der Waals surface area contributed by atoms with Crippen LogP contribution in [-0.4, -0.2) is 31.3 Å². The van der Waals surface area contributed by atoms with Crippen molar-refractivity contribution in [2.75, 3.05) is 25.6 Å². The quantitative estimate of drug-likeness (QED) is 0.827. The van der Waals surface area contributed by atoms with E-state index in [1.54, 1.807) is 43.5 Å². The highest BCUT2D eigenvalue weighted by atomic mass is 16.6. The Bertz CT molecular complexity index is 773. The zero-order valence-corrected chi connectivity index (χ0v) is 15.0. The van der Waals surface area contributed by atoms with E-state index in [9.17, 15) is 9.90 Å². The van der Waals surface area contributed by atoms with Gasteiger partial charge in [0.05, 0.1) is 18.9 Å². The van der Waals surface area contributed by atoms with Gasteiger partial charge in [0.15, 0.2) is 11.5 Å². The van der Waals surface area contributed by atoms with Gasteiger partial charge in [0.25, 0.3) is 5.91 Å². The summed E-state index contributed by atoms with van der Waals surface area (Å²) in [5.41, 5.74) is 1.64. The molecule has 1 aliphatic heterocycles. The molecule has 0 bridgehead atoms. The Morgan fingerprint density at radius 1 is 1.19 bits per heavy atom. The molecule has 1 aliphatic rings. The van der Waals surface area contributed by atoms with Crippen LogP contribution in [0.25, 0.3) is 0 Å². The maximum Gasteiger partial charge on any atom is 0.255 e. The van der Waals surface area contributed by atoms with E-state index in [0.29, 0.717) is 53.7 Å². The lowest BCUT2D eigenvalue weighted by Gasteiger charge is -2.23. The Kier molecular flexibility index (Phi) is 5.63. The van der Waals surface area contributed by atoms with Gasteiger partial charge in [0.1, 0.15) is 19.0 Å². The molecule has 0 spiro atoms. The summed E-state index contributed by atoms with van der Waals surface area (Å²) < 4.78 is 16.3. The van der Waals surface area contributed by atoms with Gasteiger partial charge < -0.3 is 24.6 Å². The third-order valence-corrected chi connectivity index (χ3v) is 4.24. The van der Waals surface area contributed by atoms with Gasteiger partial charge in [-0.1, -0.05) is 13.3 Å². The highest BCUT2D eigenvalue weighted by Gasteiger charge is 2.21. The van der Waals surface area contributed by atoms with Gasteiger partial charge in [-0.2, -0.15) is 0 Å². The average Bonchev–Trinajstić information content (AvgIpc) is 2.67. The van der Waals surface area contributed by atoms with E-state index >= 15 is 0 Å². The lowest BCUT2D eigenvalue weighted by atomic mass is 10.0. The molecule has 0 aromatic heterocycles. The first-order valence-electron chi connectivity index (χ1n) is 8.69. The number of benzene rings is 2. The number of carbonyl (C=O) groups is 1. The molecule has 0 saturated heterocycles. The van der Waals surface area contributed by atoms with Gasteiger partial charge in [0, 0.05) is 17.2 Å². The molecule has 1 amide bonds. The summed E-state index contributed by atoms with van der Waals surface area (Å²) in [4.78, 5) is 12.6. The number of hydrogen-bond donors (Lipinski definition) is 2. The van der Waals surface area contributed by atoms with Gasteiger partial charge in [-0.25, -0.2) is 0 Å². The van der Waals surface area contributed by atoms with Crippen molar-refractivity contribution in [2.24, 2.45) is 0 Å². The molecule has 0 saturated carbocycles.